The highest BCUT2D eigenvalue weighted by Crippen LogP contribution is 2.63. The molecular weight excluding hydrogens is 598 g/mol. The summed E-state index contributed by atoms with van der Waals surface area (Å²) in [5.41, 5.74) is -0.811. The van der Waals surface area contributed by atoms with Gasteiger partial charge in [-0.25, -0.2) is 0 Å². The summed E-state index contributed by atoms with van der Waals surface area (Å²) in [5, 5.41) is 9.38. The minimum Gasteiger partial charge on any atom is -0.497 e. The molecule has 5 rings (SSSR count). The summed E-state index contributed by atoms with van der Waals surface area (Å²) < 4.78 is 17.8. The van der Waals surface area contributed by atoms with Crippen molar-refractivity contribution < 1.29 is 33.7 Å². The first-order valence-electron chi connectivity index (χ1n) is 16.5. The van der Waals surface area contributed by atoms with Gasteiger partial charge in [0.2, 0.25) is 11.8 Å². The number of ether oxygens (including phenoxy) is 3. The van der Waals surface area contributed by atoms with Gasteiger partial charge in [-0.3, -0.25) is 14.4 Å². The van der Waals surface area contributed by atoms with Gasteiger partial charge in [0.25, 0.3) is 5.91 Å². The number of carbonyl (C=O) groups excluding carboxylic acids is 3. The van der Waals surface area contributed by atoms with Crippen LogP contribution in [0.1, 0.15) is 46.0 Å². The predicted molar refractivity (Wildman–Crippen MR) is 181 cm³/mol. The molecule has 1 N–H and O–H groups in total. The number of nitrogens with zero attached hydrogens (tertiary/aromatic N) is 3. The molecule has 5 atom stereocenters. The van der Waals surface area contributed by atoms with Crippen LogP contribution in [0.4, 0.5) is 11.4 Å². The van der Waals surface area contributed by atoms with Gasteiger partial charge < -0.3 is 34.0 Å². The number of rotatable bonds is 16. The minimum atomic E-state index is -1.18. The summed E-state index contributed by atoms with van der Waals surface area (Å²) in [6.45, 7) is 12.9. The number of hydrogen-bond acceptors (Lipinski definition) is 7. The highest BCUT2D eigenvalue weighted by atomic mass is 16.5. The van der Waals surface area contributed by atoms with Crippen LogP contribution < -0.4 is 19.3 Å². The van der Waals surface area contributed by atoms with E-state index >= 15 is 0 Å². The Bertz CT molecular complexity index is 1460. The SMILES string of the molecule is C=CCN(C(=O)C1N(CCCCCO)C(=O)[C@@H]2[C@@H](C(=O)N(CC=C)c3ccc(OCC)cc3)[C@@]3(C)CCC12O3)c1ccc(OC)cc1. The van der Waals surface area contributed by atoms with Gasteiger partial charge in [-0.1, -0.05) is 12.2 Å². The number of carbonyl (C=O) groups is 3. The molecule has 47 heavy (non-hydrogen) atoms. The monoisotopic (exact) mass is 645 g/mol. The van der Waals surface area contributed by atoms with Gasteiger partial charge in [-0.15, -0.1) is 13.2 Å². The van der Waals surface area contributed by atoms with Crippen LogP contribution in [0.5, 0.6) is 11.5 Å². The van der Waals surface area contributed by atoms with Crippen LogP contribution in [0.2, 0.25) is 0 Å². The summed E-state index contributed by atoms with van der Waals surface area (Å²) in [5.74, 6) is -1.04. The quantitative estimate of drug-likeness (QED) is 0.207. The zero-order valence-corrected chi connectivity index (χ0v) is 27.7. The molecule has 2 unspecified atom stereocenters. The highest BCUT2D eigenvalue weighted by Gasteiger charge is 2.78. The van der Waals surface area contributed by atoms with Crippen molar-refractivity contribution in [3.05, 3.63) is 73.8 Å². The molecule has 3 saturated heterocycles. The molecule has 3 fully saturated rings. The Labute approximate surface area is 277 Å². The van der Waals surface area contributed by atoms with Gasteiger partial charge in [0.05, 0.1) is 31.2 Å². The van der Waals surface area contributed by atoms with Crippen LogP contribution >= 0.6 is 0 Å². The first-order chi connectivity index (χ1) is 22.7. The van der Waals surface area contributed by atoms with Gasteiger partial charge in [0.15, 0.2) is 0 Å². The molecule has 252 valence electrons. The number of likely N-dealkylation sites (tertiary alicyclic amines) is 1. The Kier molecular flexibility index (Phi) is 10.4. The second kappa shape index (κ2) is 14.3. The van der Waals surface area contributed by atoms with Gasteiger partial charge in [0.1, 0.15) is 23.1 Å². The van der Waals surface area contributed by atoms with E-state index in [0.29, 0.717) is 68.1 Å². The van der Waals surface area contributed by atoms with Crippen molar-refractivity contribution in [2.24, 2.45) is 11.8 Å². The predicted octanol–water partition coefficient (Wildman–Crippen LogP) is 4.76. The van der Waals surface area contributed by atoms with Crippen molar-refractivity contribution in [3.63, 3.8) is 0 Å². The molecular formula is C37H47N3O7. The Morgan fingerprint density at radius 3 is 2.11 bits per heavy atom. The number of amides is 3. The Hall–Kier alpha value is -4.15. The molecule has 3 amide bonds. The van der Waals surface area contributed by atoms with E-state index in [9.17, 15) is 19.5 Å². The second-order valence-electron chi connectivity index (χ2n) is 12.6. The molecule has 0 saturated carbocycles. The van der Waals surface area contributed by atoms with E-state index in [-0.39, 0.29) is 37.4 Å². The average Bonchev–Trinajstić information content (AvgIpc) is 3.65. The van der Waals surface area contributed by atoms with E-state index in [1.165, 1.54) is 0 Å². The van der Waals surface area contributed by atoms with E-state index in [2.05, 4.69) is 13.2 Å². The fourth-order valence-corrected chi connectivity index (χ4v) is 7.76. The van der Waals surface area contributed by atoms with E-state index in [1.807, 2.05) is 50.2 Å². The summed E-state index contributed by atoms with van der Waals surface area (Å²) >= 11 is 0. The van der Waals surface area contributed by atoms with Gasteiger partial charge in [0, 0.05) is 37.6 Å². The normalized spacial score (nSPS) is 25.7. The molecule has 2 bridgehead atoms. The van der Waals surface area contributed by atoms with Crippen LogP contribution in [0.25, 0.3) is 0 Å². The summed E-state index contributed by atoms with van der Waals surface area (Å²) in [6, 6.07) is 13.6. The highest BCUT2D eigenvalue weighted by molar-refractivity contribution is 6.06. The fraction of sp³-hybridized carbons (Fsp3) is 0.486. The number of benzene rings is 2. The molecule has 3 aliphatic heterocycles. The molecule has 0 aromatic heterocycles. The molecule has 2 aromatic rings. The van der Waals surface area contributed by atoms with Crippen molar-refractivity contribution in [2.75, 3.05) is 49.8 Å². The fourth-order valence-electron chi connectivity index (χ4n) is 7.76. The van der Waals surface area contributed by atoms with Crippen molar-refractivity contribution >= 4 is 29.1 Å². The maximum atomic E-state index is 14.8. The van der Waals surface area contributed by atoms with Crippen LogP contribution in [0.3, 0.4) is 0 Å². The lowest BCUT2D eigenvalue weighted by Crippen LogP contribution is -2.56. The van der Waals surface area contributed by atoms with E-state index in [4.69, 9.17) is 14.2 Å². The second-order valence-corrected chi connectivity index (χ2v) is 12.6. The smallest absolute Gasteiger partial charge is 0.253 e. The van der Waals surface area contributed by atoms with E-state index in [1.54, 1.807) is 46.1 Å². The summed E-state index contributed by atoms with van der Waals surface area (Å²) in [6.07, 6.45) is 6.22. The summed E-state index contributed by atoms with van der Waals surface area (Å²) in [4.78, 5) is 49.0. The third-order valence-electron chi connectivity index (χ3n) is 9.83. The molecule has 10 heteroatoms. The third kappa shape index (κ3) is 6.16. The minimum absolute atomic E-state index is 0.0518. The van der Waals surface area contributed by atoms with Gasteiger partial charge >= 0.3 is 0 Å². The van der Waals surface area contributed by atoms with Gasteiger partial charge in [-0.05, 0) is 94.5 Å². The summed E-state index contributed by atoms with van der Waals surface area (Å²) in [7, 11) is 1.58. The lowest BCUT2D eigenvalue weighted by molar-refractivity contribution is -0.144. The Morgan fingerprint density at radius 2 is 1.55 bits per heavy atom. The zero-order valence-electron chi connectivity index (χ0n) is 27.7. The maximum absolute atomic E-state index is 14.8. The van der Waals surface area contributed by atoms with Crippen molar-refractivity contribution in [2.45, 2.75) is 63.2 Å². The maximum Gasteiger partial charge on any atom is 0.253 e. The van der Waals surface area contributed by atoms with Crippen molar-refractivity contribution in [1.29, 1.82) is 0 Å². The van der Waals surface area contributed by atoms with Crippen LogP contribution in [-0.2, 0) is 19.1 Å². The number of unbranched alkanes of at least 4 members (excludes halogenated alkanes) is 2. The average molecular weight is 646 g/mol. The lowest BCUT2D eigenvalue weighted by atomic mass is 9.66. The number of hydrogen-bond donors (Lipinski definition) is 1. The lowest BCUT2D eigenvalue weighted by Gasteiger charge is -2.37. The standard InChI is InChI=1S/C37H47N3O7/c1-6-22-38(26-14-18-29(19-15-26)46-8-3)33(42)30-31-34(43)40(24-10-9-11-25-41)32(37(31)21-20-36(30,4)47-37)35(44)39(23-7-2)27-12-16-28(45-5)17-13-27/h6-7,12-19,30-32,41H,1-2,8-11,20-25H2,3-5H3/t30-,31-,32?,36+,37?/m0/s1. The Balaban J connectivity index is 1.54. The third-order valence-corrected chi connectivity index (χ3v) is 9.83. The van der Waals surface area contributed by atoms with Gasteiger partial charge in [-0.2, -0.15) is 0 Å². The number of aliphatic hydroxyl groups excluding tert-OH is 1. The topological polar surface area (TPSA) is 109 Å². The van der Waals surface area contributed by atoms with Crippen molar-refractivity contribution in [3.8, 4) is 11.5 Å². The molecule has 3 aliphatic rings. The molecule has 0 radical (unpaired) electrons. The van der Waals surface area contributed by atoms with Crippen molar-refractivity contribution in [1.82, 2.24) is 4.90 Å². The first kappa shape index (κ1) is 34.2. The van der Waals surface area contributed by atoms with E-state index < -0.39 is 29.1 Å². The zero-order chi connectivity index (χ0) is 33.8. The van der Waals surface area contributed by atoms with Crippen LogP contribution in [0, 0.1) is 11.8 Å². The number of anilines is 2. The van der Waals surface area contributed by atoms with E-state index in [0.717, 1.165) is 0 Å². The van der Waals surface area contributed by atoms with Crippen LogP contribution in [-0.4, -0.2) is 84.9 Å². The molecule has 2 aromatic carbocycles. The first-order valence-corrected chi connectivity index (χ1v) is 16.5. The number of fused-ring (bicyclic) bond motifs is 1. The molecule has 1 spiro atoms. The molecule has 3 heterocycles. The van der Waals surface area contributed by atoms with Crippen LogP contribution in [0.15, 0.2) is 73.8 Å². The molecule has 10 nitrogen and oxygen atoms in total. The number of aliphatic hydroxyl groups is 1. The largest absolute Gasteiger partial charge is 0.497 e. The Morgan fingerprint density at radius 1 is 0.957 bits per heavy atom. The molecule has 0 aliphatic carbocycles. The number of methoxy groups -OCH3 is 1.